The number of alkyl halides is 3. The summed E-state index contributed by atoms with van der Waals surface area (Å²) in [7, 11) is 3.94. The lowest BCUT2D eigenvalue weighted by Gasteiger charge is -2.36. The zero-order chi connectivity index (χ0) is 20.3. The Kier molecular flexibility index (Phi) is 4.00. The smallest absolute Gasteiger partial charge is 0.368 e. The Hall–Kier alpha value is -2.80. The van der Waals surface area contributed by atoms with Crippen molar-refractivity contribution in [2.24, 2.45) is 7.05 Å². The van der Waals surface area contributed by atoms with E-state index in [0.717, 1.165) is 65.7 Å². The fourth-order valence-electron chi connectivity index (χ4n) is 4.35. The van der Waals surface area contributed by atoms with Crippen molar-refractivity contribution in [1.29, 1.82) is 0 Å². The molecular weight excluding hydrogens is 377 g/mol. The Morgan fingerprint density at radius 3 is 2.34 bits per heavy atom. The zero-order valence-corrected chi connectivity index (χ0v) is 16.3. The van der Waals surface area contributed by atoms with E-state index in [-0.39, 0.29) is 0 Å². The van der Waals surface area contributed by atoms with E-state index in [0.29, 0.717) is 5.39 Å². The van der Waals surface area contributed by atoms with Gasteiger partial charge in [-0.15, -0.1) is 0 Å². The van der Waals surface area contributed by atoms with Gasteiger partial charge >= 0.3 is 6.18 Å². The number of anilines is 1. The zero-order valence-electron chi connectivity index (χ0n) is 16.3. The van der Waals surface area contributed by atoms with Crippen molar-refractivity contribution in [3.05, 3.63) is 48.0 Å². The van der Waals surface area contributed by atoms with Crippen LogP contribution in [-0.4, -0.2) is 47.7 Å². The topological polar surface area (TPSA) is 24.3 Å². The van der Waals surface area contributed by atoms with E-state index in [1.807, 2.05) is 35.9 Å². The minimum atomic E-state index is -4.38. The Morgan fingerprint density at radius 2 is 1.62 bits per heavy atom. The van der Waals surface area contributed by atoms with Gasteiger partial charge < -0.3 is 14.4 Å². The predicted molar refractivity (Wildman–Crippen MR) is 110 cm³/mol. The maximum atomic E-state index is 13.5. The molecule has 4 nitrogen and oxygen atoms in total. The van der Waals surface area contributed by atoms with Gasteiger partial charge in [0.15, 0.2) is 0 Å². The van der Waals surface area contributed by atoms with Gasteiger partial charge in [-0.2, -0.15) is 13.2 Å². The van der Waals surface area contributed by atoms with Gasteiger partial charge in [-0.1, -0.05) is 18.2 Å². The van der Waals surface area contributed by atoms with Crippen molar-refractivity contribution in [3.63, 3.8) is 0 Å². The van der Waals surface area contributed by atoms with E-state index in [1.165, 1.54) is 6.07 Å². The molecule has 2 aromatic rings. The van der Waals surface area contributed by atoms with E-state index in [2.05, 4.69) is 16.8 Å². The SMILES string of the molecule is CN1CCN(c2c3c4ccccc4nc-3n(C)c3ccc(C(F)(F)F)cc23)CC1. The van der Waals surface area contributed by atoms with E-state index in [9.17, 15) is 13.2 Å². The van der Waals surface area contributed by atoms with Crippen molar-refractivity contribution in [1.82, 2.24) is 14.5 Å². The van der Waals surface area contributed by atoms with Crippen LogP contribution in [0.1, 0.15) is 5.56 Å². The van der Waals surface area contributed by atoms with Crippen molar-refractivity contribution in [3.8, 4) is 11.4 Å². The van der Waals surface area contributed by atoms with Crippen LogP contribution in [0, 0.1) is 0 Å². The van der Waals surface area contributed by atoms with Crippen LogP contribution in [0.3, 0.4) is 0 Å². The second-order valence-corrected chi connectivity index (χ2v) is 7.76. The molecular formula is C22H21F3N4. The minimum Gasteiger partial charge on any atom is -0.368 e. The summed E-state index contributed by atoms with van der Waals surface area (Å²) < 4.78 is 42.4. The minimum absolute atomic E-state index is 0.622. The first kappa shape index (κ1) is 18.2. The first-order valence-corrected chi connectivity index (χ1v) is 9.66. The van der Waals surface area contributed by atoms with E-state index in [4.69, 9.17) is 4.98 Å². The van der Waals surface area contributed by atoms with Crippen LogP contribution in [0.25, 0.3) is 33.2 Å². The van der Waals surface area contributed by atoms with Gasteiger partial charge in [-0.05, 0) is 31.3 Å². The third-order valence-corrected chi connectivity index (χ3v) is 5.94. The summed E-state index contributed by atoms with van der Waals surface area (Å²) in [5.41, 5.74) is 2.78. The summed E-state index contributed by atoms with van der Waals surface area (Å²) >= 11 is 0. The van der Waals surface area contributed by atoms with E-state index < -0.39 is 11.7 Å². The van der Waals surface area contributed by atoms with Gasteiger partial charge in [-0.3, -0.25) is 0 Å². The Bertz CT molecular complexity index is 1190. The summed E-state index contributed by atoms with van der Waals surface area (Å²) in [4.78, 5) is 9.27. The molecule has 1 fully saturated rings. The quantitative estimate of drug-likeness (QED) is 0.468. The molecule has 150 valence electrons. The molecule has 2 aromatic carbocycles. The van der Waals surface area contributed by atoms with Gasteiger partial charge in [0.2, 0.25) is 0 Å². The van der Waals surface area contributed by atoms with Gasteiger partial charge in [0.25, 0.3) is 0 Å². The number of fused-ring (bicyclic) bond motifs is 4. The molecule has 5 rings (SSSR count). The van der Waals surface area contributed by atoms with Gasteiger partial charge in [0.05, 0.1) is 27.8 Å². The molecule has 1 saturated heterocycles. The van der Waals surface area contributed by atoms with Crippen LogP contribution in [0.2, 0.25) is 0 Å². The highest BCUT2D eigenvalue weighted by Gasteiger charge is 2.33. The standard InChI is InChI=1S/C22H21F3N4/c1-27-9-11-29(12-10-27)20-16-13-14(22(23,24)25)7-8-18(16)28(2)21-19(20)15-5-3-4-6-17(15)26-21/h3-8,13H,9-12H2,1-2H3. The second kappa shape index (κ2) is 6.35. The average Bonchev–Trinajstić information content (AvgIpc) is 3.08. The molecule has 0 aromatic heterocycles. The number of hydrogen-bond donors (Lipinski definition) is 0. The Morgan fingerprint density at radius 1 is 0.897 bits per heavy atom. The number of likely N-dealkylation sites (N-methyl/N-ethyl adjacent to an activating group) is 1. The average molecular weight is 398 g/mol. The summed E-state index contributed by atoms with van der Waals surface area (Å²) in [6, 6.07) is 11.9. The molecule has 0 unspecified atom stereocenters. The van der Waals surface area contributed by atoms with Crippen molar-refractivity contribution in [2.45, 2.75) is 6.18 Å². The molecule has 3 heterocycles. The molecule has 0 bridgehead atoms. The molecule has 3 aliphatic rings. The number of hydrogen-bond acceptors (Lipinski definition) is 3. The van der Waals surface area contributed by atoms with Gasteiger partial charge in [0.1, 0.15) is 5.82 Å². The van der Waals surface area contributed by atoms with Crippen molar-refractivity contribution >= 4 is 27.5 Å². The molecule has 0 atom stereocenters. The highest BCUT2D eigenvalue weighted by molar-refractivity contribution is 6.11. The third-order valence-electron chi connectivity index (χ3n) is 5.94. The van der Waals surface area contributed by atoms with Gasteiger partial charge in [-0.25, -0.2) is 4.98 Å². The summed E-state index contributed by atoms with van der Waals surface area (Å²) in [6.45, 7) is 3.28. The summed E-state index contributed by atoms with van der Waals surface area (Å²) in [5.74, 6) is 0.799. The normalized spacial score (nSPS) is 16.4. The lowest BCUT2D eigenvalue weighted by Crippen LogP contribution is -2.44. The molecule has 7 heteroatoms. The maximum absolute atomic E-state index is 13.5. The number of nitrogens with zero attached hydrogens (tertiary/aromatic N) is 4. The van der Waals surface area contributed by atoms with Crippen LogP contribution >= 0.6 is 0 Å². The molecule has 0 N–H and O–H groups in total. The number of benzene rings is 2. The molecule has 0 saturated carbocycles. The number of aromatic nitrogens is 2. The highest BCUT2D eigenvalue weighted by Crippen LogP contribution is 2.45. The fraction of sp³-hybridized carbons (Fsp3) is 0.318. The Balaban J connectivity index is 1.90. The summed E-state index contributed by atoms with van der Waals surface area (Å²) in [6.07, 6.45) is -4.38. The lowest BCUT2D eigenvalue weighted by atomic mass is 10.0. The molecule has 0 aliphatic carbocycles. The van der Waals surface area contributed by atoms with Crippen LogP contribution in [0.5, 0.6) is 0 Å². The van der Waals surface area contributed by atoms with Crippen molar-refractivity contribution in [2.75, 3.05) is 38.1 Å². The molecule has 0 amide bonds. The number of rotatable bonds is 1. The molecule has 0 spiro atoms. The van der Waals surface area contributed by atoms with Crippen LogP contribution in [0.4, 0.5) is 18.9 Å². The Labute approximate surface area is 166 Å². The fourth-order valence-corrected chi connectivity index (χ4v) is 4.35. The molecule has 29 heavy (non-hydrogen) atoms. The monoisotopic (exact) mass is 398 g/mol. The number of aryl methyl sites for hydroxylation is 1. The first-order valence-electron chi connectivity index (χ1n) is 9.66. The predicted octanol–water partition coefficient (Wildman–Crippen LogP) is 4.60. The van der Waals surface area contributed by atoms with Crippen molar-refractivity contribution < 1.29 is 13.2 Å². The number of piperazine rings is 1. The summed E-state index contributed by atoms with van der Waals surface area (Å²) in [5, 5.41) is 1.60. The van der Waals surface area contributed by atoms with Crippen LogP contribution in [-0.2, 0) is 13.2 Å². The number of pyridine rings is 1. The third kappa shape index (κ3) is 2.83. The highest BCUT2D eigenvalue weighted by atomic mass is 19.4. The lowest BCUT2D eigenvalue weighted by molar-refractivity contribution is -0.137. The second-order valence-electron chi connectivity index (χ2n) is 7.76. The van der Waals surface area contributed by atoms with Crippen LogP contribution < -0.4 is 4.90 Å². The van der Waals surface area contributed by atoms with Gasteiger partial charge in [0, 0.05) is 44.0 Å². The largest absolute Gasteiger partial charge is 0.416 e. The van der Waals surface area contributed by atoms with Crippen LogP contribution in [0.15, 0.2) is 42.5 Å². The molecule has 3 aliphatic heterocycles. The maximum Gasteiger partial charge on any atom is 0.416 e. The first-order chi connectivity index (χ1) is 13.8. The van der Waals surface area contributed by atoms with E-state index in [1.54, 1.807) is 6.07 Å². The number of halogens is 3. The molecule has 0 radical (unpaired) electrons. The van der Waals surface area contributed by atoms with E-state index >= 15 is 0 Å². The number of para-hydroxylation sites is 1.